The molecule has 0 aliphatic rings. The van der Waals surface area contributed by atoms with Crippen LogP contribution in [0.5, 0.6) is 5.75 Å². The molecule has 0 unspecified atom stereocenters. The minimum Gasteiger partial charge on any atom is -0.489 e. The largest absolute Gasteiger partial charge is 0.489 e. The Morgan fingerprint density at radius 1 is 1.20 bits per heavy atom. The van der Waals surface area contributed by atoms with Gasteiger partial charge in [-0.1, -0.05) is 36.9 Å². The van der Waals surface area contributed by atoms with E-state index >= 15 is 0 Å². The summed E-state index contributed by atoms with van der Waals surface area (Å²) in [5.41, 5.74) is 3.76. The topological polar surface area (TPSA) is 50.4 Å². The van der Waals surface area contributed by atoms with Crippen molar-refractivity contribution < 1.29 is 9.53 Å². The van der Waals surface area contributed by atoms with Crippen LogP contribution in [0, 0.1) is 6.92 Å². The summed E-state index contributed by atoms with van der Waals surface area (Å²) in [6, 6.07) is 15.2. The number of aryl methyl sites for hydroxylation is 1. The lowest BCUT2D eigenvalue weighted by Crippen LogP contribution is -2.35. The maximum absolute atomic E-state index is 12.1. The Hall–Kier alpha value is -2.66. The first-order valence-electron chi connectivity index (χ1n) is 7.96. The molecule has 0 bridgehead atoms. The van der Waals surface area contributed by atoms with Crippen molar-refractivity contribution in [1.29, 1.82) is 0 Å². The molecule has 0 fully saturated rings. The van der Waals surface area contributed by atoms with E-state index in [9.17, 15) is 4.79 Å². The summed E-state index contributed by atoms with van der Waals surface area (Å²) >= 11 is 5.21. The molecule has 1 amide bonds. The van der Waals surface area contributed by atoms with Crippen LogP contribution in [0.3, 0.4) is 0 Å². The Bertz CT molecular complexity index is 787. The Balaban J connectivity index is 1.89. The summed E-state index contributed by atoms with van der Waals surface area (Å²) in [5.74, 6) is 0.559. The highest BCUT2D eigenvalue weighted by molar-refractivity contribution is 7.80. The van der Waals surface area contributed by atoms with Crippen LogP contribution in [0.2, 0.25) is 0 Å². The zero-order chi connectivity index (χ0) is 18.2. The number of hydrogen-bond donors (Lipinski definition) is 2. The van der Waals surface area contributed by atoms with Crippen LogP contribution >= 0.6 is 12.2 Å². The predicted molar refractivity (Wildman–Crippen MR) is 106 cm³/mol. The number of rotatable bonds is 6. The van der Waals surface area contributed by atoms with Gasteiger partial charge in [-0.3, -0.25) is 4.79 Å². The van der Waals surface area contributed by atoms with Crippen LogP contribution in [0.15, 0.2) is 60.7 Å². The van der Waals surface area contributed by atoms with Gasteiger partial charge >= 0.3 is 0 Å². The van der Waals surface area contributed by atoms with E-state index in [1.165, 1.54) is 0 Å². The molecule has 0 spiro atoms. The van der Waals surface area contributed by atoms with Gasteiger partial charge in [0.25, 0.3) is 0 Å². The number of hydrogen-bond acceptors (Lipinski definition) is 3. The highest BCUT2D eigenvalue weighted by Gasteiger charge is 2.08. The number of carbonyl (C=O) groups excluding carboxylic acids is 1. The van der Waals surface area contributed by atoms with Crippen molar-refractivity contribution in [3.63, 3.8) is 0 Å². The van der Waals surface area contributed by atoms with Gasteiger partial charge in [-0.25, -0.2) is 0 Å². The lowest BCUT2D eigenvalue weighted by molar-refractivity contribution is -0.119. The number of amides is 1. The van der Waals surface area contributed by atoms with Crippen LogP contribution < -0.4 is 15.4 Å². The number of anilines is 1. The molecule has 0 aliphatic carbocycles. The van der Waals surface area contributed by atoms with E-state index in [-0.39, 0.29) is 17.4 Å². The molecule has 130 valence electrons. The molecule has 4 nitrogen and oxygen atoms in total. The normalized spacial score (nSPS) is 10.0. The SMILES string of the molecule is C=C(C)COc1cccc(NC(=S)NC(=O)Cc2ccccc2C)c1. The molecule has 0 radical (unpaired) electrons. The van der Waals surface area contributed by atoms with E-state index in [4.69, 9.17) is 17.0 Å². The second-order valence-electron chi connectivity index (χ2n) is 5.88. The third-order valence-corrected chi connectivity index (χ3v) is 3.65. The molecule has 5 heteroatoms. The summed E-state index contributed by atoms with van der Waals surface area (Å²) in [7, 11) is 0. The van der Waals surface area contributed by atoms with E-state index < -0.39 is 0 Å². The van der Waals surface area contributed by atoms with Crippen molar-refractivity contribution in [2.24, 2.45) is 0 Å². The van der Waals surface area contributed by atoms with Gasteiger partial charge in [0.15, 0.2) is 5.11 Å². The average Bonchev–Trinajstić information content (AvgIpc) is 2.55. The molecule has 2 aromatic rings. The van der Waals surface area contributed by atoms with Gasteiger partial charge in [0.2, 0.25) is 5.91 Å². The molecule has 2 rings (SSSR count). The standard InChI is InChI=1S/C20H22N2O2S/c1-14(2)13-24-18-10-6-9-17(12-18)21-20(25)22-19(23)11-16-8-5-4-7-15(16)3/h4-10,12H,1,11,13H2,2-3H3,(H2,21,22,23,25). The second-order valence-corrected chi connectivity index (χ2v) is 6.29. The van der Waals surface area contributed by atoms with Crippen molar-refractivity contribution >= 4 is 28.9 Å². The Labute approximate surface area is 153 Å². The van der Waals surface area contributed by atoms with Crippen LogP contribution in [0.1, 0.15) is 18.1 Å². The zero-order valence-electron chi connectivity index (χ0n) is 14.5. The van der Waals surface area contributed by atoms with Gasteiger partial charge in [-0.15, -0.1) is 0 Å². The average molecular weight is 354 g/mol. The van der Waals surface area contributed by atoms with Gasteiger partial charge in [0.05, 0.1) is 6.42 Å². The third kappa shape index (κ3) is 6.39. The summed E-state index contributed by atoms with van der Waals surface area (Å²) in [6.07, 6.45) is 0.288. The minimum absolute atomic E-state index is 0.151. The monoisotopic (exact) mass is 354 g/mol. The zero-order valence-corrected chi connectivity index (χ0v) is 15.3. The molecule has 0 saturated heterocycles. The first-order valence-corrected chi connectivity index (χ1v) is 8.37. The summed E-state index contributed by atoms with van der Waals surface area (Å²) in [6.45, 7) is 8.15. The summed E-state index contributed by atoms with van der Waals surface area (Å²) in [4.78, 5) is 12.1. The molecule has 25 heavy (non-hydrogen) atoms. The maximum atomic E-state index is 12.1. The fourth-order valence-corrected chi connectivity index (χ4v) is 2.42. The smallest absolute Gasteiger partial charge is 0.230 e. The Morgan fingerprint density at radius 2 is 1.96 bits per heavy atom. The van der Waals surface area contributed by atoms with Crippen molar-refractivity contribution in [2.45, 2.75) is 20.3 Å². The lowest BCUT2D eigenvalue weighted by Gasteiger charge is -2.12. The summed E-state index contributed by atoms with van der Waals surface area (Å²) < 4.78 is 5.59. The third-order valence-electron chi connectivity index (χ3n) is 3.44. The van der Waals surface area contributed by atoms with Crippen molar-refractivity contribution in [2.75, 3.05) is 11.9 Å². The summed E-state index contributed by atoms with van der Waals surface area (Å²) in [5, 5.41) is 5.96. The van der Waals surface area contributed by atoms with Crippen molar-refractivity contribution in [3.05, 3.63) is 71.8 Å². The van der Waals surface area contributed by atoms with Gasteiger partial charge in [-0.2, -0.15) is 0 Å². The molecule has 0 saturated carbocycles. The number of nitrogens with one attached hydrogen (secondary N) is 2. The number of ether oxygens (including phenoxy) is 1. The highest BCUT2D eigenvalue weighted by Crippen LogP contribution is 2.17. The molecule has 0 heterocycles. The first kappa shape index (κ1) is 18.7. The minimum atomic E-state index is -0.151. The highest BCUT2D eigenvalue weighted by atomic mass is 32.1. The van der Waals surface area contributed by atoms with Crippen LogP contribution in [-0.4, -0.2) is 17.6 Å². The van der Waals surface area contributed by atoms with E-state index in [2.05, 4.69) is 17.2 Å². The fraction of sp³-hybridized carbons (Fsp3) is 0.200. The van der Waals surface area contributed by atoms with E-state index in [1.807, 2.05) is 62.4 Å². The van der Waals surface area contributed by atoms with E-state index in [0.29, 0.717) is 12.4 Å². The van der Waals surface area contributed by atoms with Crippen LogP contribution in [0.25, 0.3) is 0 Å². The molecular weight excluding hydrogens is 332 g/mol. The quantitative estimate of drug-likeness (QED) is 0.608. The lowest BCUT2D eigenvalue weighted by atomic mass is 10.1. The maximum Gasteiger partial charge on any atom is 0.230 e. The molecule has 2 aromatic carbocycles. The van der Waals surface area contributed by atoms with Crippen LogP contribution in [-0.2, 0) is 11.2 Å². The fourth-order valence-electron chi connectivity index (χ4n) is 2.18. The van der Waals surface area contributed by atoms with Gasteiger partial charge in [0, 0.05) is 11.8 Å². The number of thiocarbonyl (C=S) groups is 1. The second kappa shape index (κ2) is 8.99. The van der Waals surface area contributed by atoms with E-state index in [1.54, 1.807) is 0 Å². The molecular formula is C20H22N2O2S. The first-order chi connectivity index (χ1) is 11.9. The molecule has 0 atom stereocenters. The molecule has 2 N–H and O–H groups in total. The van der Waals surface area contributed by atoms with Crippen molar-refractivity contribution in [1.82, 2.24) is 5.32 Å². The van der Waals surface area contributed by atoms with Gasteiger partial charge in [-0.05, 0) is 54.9 Å². The number of benzene rings is 2. The Kier molecular flexibility index (Phi) is 6.71. The van der Waals surface area contributed by atoms with E-state index in [0.717, 1.165) is 22.4 Å². The number of carbonyl (C=O) groups is 1. The predicted octanol–water partition coefficient (Wildman–Crippen LogP) is 4.01. The van der Waals surface area contributed by atoms with Gasteiger partial charge in [0.1, 0.15) is 12.4 Å². The molecule has 0 aromatic heterocycles. The Morgan fingerprint density at radius 3 is 2.68 bits per heavy atom. The van der Waals surface area contributed by atoms with Crippen LogP contribution in [0.4, 0.5) is 5.69 Å². The van der Waals surface area contributed by atoms with Gasteiger partial charge < -0.3 is 15.4 Å². The van der Waals surface area contributed by atoms with Crippen molar-refractivity contribution in [3.8, 4) is 5.75 Å². The molecule has 0 aliphatic heterocycles.